The molecule has 0 aliphatic rings. The van der Waals surface area contributed by atoms with E-state index in [1.165, 1.54) is 6.07 Å². The highest BCUT2D eigenvalue weighted by Gasteiger charge is 2.23. The molecule has 0 aliphatic carbocycles. The second-order valence-corrected chi connectivity index (χ2v) is 6.73. The van der Waals surface area contributed by atoms with Crippen molar-refractivity contribution in [1.82, 2.24) is 0 Å². The molecule has 0 unspecified atom stereocenters. The largest absolute Gasteiger partial charge is 0.497 e. The molecule has 4 aromatic rings. The Hall–Kier alpha value is -3.54. The molecule has 2 aromatic carbocycles. The van der Waals surface area contributed by atoms with Crippen molar-refractivity contribution in [2.45, 2.75) is 20.3 Å². The van der Waals surface area contributed by atoms with Crippen LogP contribution in [0.15, 0.2) is 50.0 Å². The van der Waals surface area contributed by atoms with Crippen LogP contribution in [-0.4, -0.2) is 18.2 Å². The summed E-state index contributed by atoms with van der Waals surface area (Å²) in [6, 6.07) is 10.4. The van der Waals surface area contributed by atoms with Crippen LogP contribution in [0.5, 0.6) is 5.75 Å². The van der Waals surface area contributed by atoms with Gasteiger partial charge in [0, 0.05) is 22.6 Å². The van der Waals surface area contributed by atoms with E-state index >= 15 is 0 Å². The molecule has 2 aromatic heterocycles. The lowest BCUT2D eigenvalue weighted by molar-refractivity contribution is -0.136. The van der Waals surface area contributed by atoms with Gasteiger partial charge in [-0.25, -0.2) is 4.79 Å². The van der Waals surface area contributed by atoms with E-state index in [-0.39, 0.29) is 6.42 Å². The molecule has 142 valence electrons. The summed E-state index contributed by atoms with van der Waals surface area (Å²) >= 11 is 0. The number of carboxylic acids is 1. The number of aryl methyl sites for hydroxylation is 2. The summed E-state index contributed by atoms with van der Waals surface area (Å²) in [6.07, 6.45) is -0.184. The van der Waals surface area contributed by atoms with Gasteiger partial charge in [0.1, 0.15) is 22.7 Å². The van der Waals surface area contributed by atoms with Gasteiger partial charge in [0.05, 0.1) is 18.9 Å². The van der Waals surface area contributed by atoms with Crippen molar-refractivity contribution < 1.29 is 23.5 Å². The number of methoxy groups -OCH3 is 1. The van der Waals surface area contributed by atoms with E-state index in [2.05, 4.69) is 0 Å². The van der Waals surface area contributed by atoms with Crippen molar-refractivity contribution in [2.75, 3.05) is 7.11 Å². The Morgan fingerprint density at radius 2 is 1.71 bits per heavy atom. The molecule has 0 radical (unpaired) electrons. The van der Waals surface area contributed by atoms with Gasteiger partial charge in [-0.3, -0.25) is 4.79 Å². The van der Waals surface area contributed by atoms with Gasteiger partial charge in [-0.15, -0.1) is 0 Å². The second kappa shape index (κ2) is 6.56. The normalized spacial score (nSPS) is 11.2. The summed E-state index contributed by atoms with van der Waals surface area (Å²) < 4.78 is 16.8. The number of hydrogen-bond donors (Lipinski definition) is 1. The zero-order valence-corrected chi connectivity index (χ0v) is 15.7. The topological polar surface area (TPSA) is 89.9 Å². The highest BCUT2D eigenvalue weighted by molar-refractivity contribution is 6.09. The fraction of sp³-hybridized carbons (Fsp3) is 0.182. The molecule has 0 saturated carbocycles. The molecule has 0 aliphatic heterocycles. The summed E-state index contributed by atoms with van der Waals surface area (Å²) in [5.41, 5.74) is 3.36. The highest BCUT2D eigenvalue weighted by atomic mass is 16.5. The van der Waals surface area contributed by atoms with Crippen LogP contribution in [0.25, 0.3) is 33.3 Å². The number of rotatable bonds is 4. The zero-order chi connectivity index (χ0) is 20.0. The van der Waals surface area contributed by atoms with Crippen LogP contribution in [0.1, 0.15) is 16.7 Å². The minimum absolute atomic E-state index is 0.184. The quantitative estimate of drug-likeness (QED) is 0.527. The third-order valence-electron chi connectivity index (χ3n) is 4.84. The van der Waals surface area contributed by atoms with Crippen LogP contribution in [-0.2, 0) is 11.2 Å². The molecule has 1 N–H and O–H groups in total. The molecule has 0 amide bonds. The number of carboxylic acid groups (broad SMARTS) is 1. The number of fused-ring (bicyclic) bond motifs is 3. The van der Waals surface area contributed by atoms with Crippen LogP contribution >= 0.6 is 0 Å². The van der Waals surface area contributed by atoms with Gasteiger partial charge >= 0.3 is 11.6 Å². The molecule has 6 nitrogen and oxygen atoms in total. The van der Waals surface area contributed by atoms with Crippen LogP contribution in [0.2, 0.25) is 0 Å². The maximum absolute atomic E-state index is 11.8. The van der Waals surface area contributed by atoms with E-state index in [9.17, 15) is 14.7 Å². The molecular formula is C22H18O6. The lowest BCUT2D eigenvalue weighted by Gasteiger charge is -2.05. The number of hydrogen-bond acceptors (Lipinski definition) is 5. The standard InChI is InChI=1S/C22H18O6/c1-11-8-16-20(12(2)9-18(25)27-16)22-19(11)15(10-17(23)24)21(28-22)13-4-6-14(26-3)7-5-13/h4-9H,10H2,1-3H3,(H,23,24). The van der Waals surface area contributed by atoms with Crippen molar-refractivity contribution in [3.63, 3.8) is 0 Å². The van der Waals surface area contributed by atoms with Gasteiger partial charge in [0.2, 0.25) is 0 Å². The summed E-state index contributed by atoms with van der Waals surface area (Å²) in [6.45, 7) is 3.66. The lowest BCUT2D eigenvalue weighted by Crippen LogP contribution is -2.02. The lowest BCUT2D eigenvalue weighted by atomic mass is 9.97. The summed E-state index contributed by atoms with van der Waals surface area (Å²) in [4.78, 5) is 23.3. The van der Waals surface area contributed by atoms with E-state index < -0.39 is 11.6 Å². The first-order chi connectivity index (χ1) is 13.4. The first-order valence-corrected chi connectivity index (χ1v) is 8.74. The number of aliphatic carboxylic acids is 1. The van der Waals surface area contributed by atoms with Crippen LogP contribution in [0.4, 0.5) is 0 Å². The Morgan fingerprint density at radius 1 is 1.04 bits per heavy atom. The Balaban J connectivity index is 2.11. The fourth-order valence-electron chi connectivity index (χ4n) is 3.65. The average molecular weight is 378 g/mol. The Bertz CT molecular complexity index is 1270. The summed E-state index contributed by atoms with van der Waals surface area (Å²) in [7, 11) is 1.58. The van der Waals surface area contributed by atoms with Gasteiger partial charge in [-0.2, -0.15) is 0 Å². The summed E-state index contributed by atoms with van der Waals surface area (Å²) in [5.74, 6) is 0.230. The molecular weight excluding hydrogens is 360 g/mol. The van der Waals surface area contributed by atoms with Gasteiger partial charge in [0.15, 0.2) is 0 Å². The Labute approximate surface area is 160 Å². The molecule has 2 heterocycles. The van der Waals surface area contributed by atoms with E-state index in [0.717, 1.165) is 16.5 Å². The Morgan fingerprint density at radius 3 is 2.36 bits per heavy atom. The number of ether oxygens (including phenoxy) is 1. The van der Waals surface area contributed by atoms with E-state index in [4.69, 9.17) is 13.6 Å². The van der Waals surface area contributed by atoms with E-state index in [1.807, 2.05) is 19.1 Å². The maximum Gasteiger partial charge on any atom is 0.336 e. The first-order valence-electron chi connectivity index (χ1n) is 8.74. The first kappa shape index (κ1) is 17.9. The minimum Gasteiger partial charge on any atom is -0.497 e. The SMILES string of the molecule is COc1ccc(-c2oc3c(c(C)cc4oc(=O)cc(C)c43)c2CC(=O)O)cc1. The molecule has 0 saturated heterocycles. The Kier molecular flexibility index (Phi) is 4.19. The molecule has 0 spiro atoms. The van der Waals surface area contributed by atoms with Gasteiger partial charge in [-0.05, 0) is 55.3 Å². The minimum atomic E-state index is -0.951. The highest BCUT2D eigenvalue weighted by Crippen LogP contribution is 2.40. The molecule has 4 rings (SSSR count). The van der Waals surface area contributed by atoms with Crippen molar-refractivity contribution in [2.24, 2.45) is 0 Å². The molecule has 0 atom stereocenters. The maximum atomic E-state index is 11.8. The second-order valence-electron chi connectivity index (χ2n) is 6.73. The third-order valence-corrected chi connectivity index (χ3v) is 4.84. The van der Waals surface area contributed by atoms with Gasteiger partial charge in [-0.1, -0.05) is 0 Å². The third kappa shape index (κ3) is 2.83. The molecule has 28 heavy (non-hydrogen) atoms. The number of furan rings is 1. The monoisotopic (exact) mass is 378 g/mol. The number of benzene rings is 2. The predicted octanol–water partition coefficient (Wildman–Crippen LogP) is 4.46. The van der Waals surface area contributed by atoms with E-state index in [1.54, 1.807) is 32.2 Å². The van der Waals surface area contributed by atoms with Crippen molar-refractivity contribution in [3.05, 3.63) is 63.5 Å². The zero-order valence-electron chi connectivity index (χ0n) is 15.7. The average Bonchev–Trinajstić information content (AvgIpc) is 3.00. The van der Waals surface area contributed by atoms with Crippen LogP contribution in [0.3, 0.4) is 0 Å². The van der Waals surface area contributed by atoms with E-state index in [0.29, 0.717) is 39.2 Å². The molecule has 6 heteroatoms. The fourth-order valence-corrected chi connectivity index (χ4v) is 3.65. The van der Waals surface area contributed by atoms with Crippen molar-refractivity contribution in [3.8, 4) is 17.1 Å². The summed E-state index contributed by atoms with van der Waals surface area (Å²) in [5, 5.41) is 10.9. The van der Waals surface area contributed by atoms with Crippen LogP contribution < -0.4 is 10.4 Å². The smallest absolute Gasteiger partial charge is 0.336 e. The van der Waals surface area contributed by atoms with Crippen LogP contribution in [0, 0.1) is 13.8 Å². The molecule has 0 bridgehead atoms. The van der Waals surface area contributed by atoms with Gasteiger partial charge < -0.3 is 18.7 Å². The molecule has 0 fully saturated rings. The van der Waals surface area contributed by atoms with Gasteiger partial charge in [0.25, 0.3) is 0 Å². The predicted molar refractivity (Wildman–Crippen MR) is 105 cm³/mol. The van der Waals surface area contributed by atoms with Crippen molar-refractivity contribution in [1.29, 1.82) is 0 Å². The van der Waals surface area contributed by atoms with Crippen molar-refractivity contribution >= 4 is 27.9 Å². The number of carbonyl (C=O) groups is 1.